The largest absolute Gasteiger partial charge is 0.255 e. The fraction of sp³-hybridized carbons (Fsp3) is 0.714. The van der Waals surface area contributed by atoms with Crippen molar-refractivity contribution in [3.8, 4) is 0 Å². The highest BCUT2D eigenvalue weighted by Crippen LogP contribution is 2.03. The van der Waals surface area contributed by atoms with Gasteiger partial charge < -0.3 is 0 Å². The van der Waals surface area contributed by atoms with Gasteiger partial charge in [-0.15, -0.1) is 5.10 Å². The lowest BCUT2D eigenvalue weighted by Crippen LogP contribution is -2.28. The lowest BCUT2D eigenvalue weighted by molar-refractivity contribution is 0.680. The van der Waals surface area contributed by atoms with Crippen LogP contribution in [0.5, 0.6) is 0 Å². The predicted octanol–water partition coefficient (Wildman–Crippen LogP) is 1.46. The first-order chi connectivity index (χ1) is 4.97. The monoisotopic (exact) mass is 169 g/mol. The van der Waals surface area contributed by atoms with Crippen LogP contribution in [-0.2, 0) is 6.17 Å². The zero-order chi connectivity index (χ0) is 8.48. The van der Waals surface area contributed by atoms with Crippen LogP contribution in [0, 0.1) is 6.92 Å². The second-order valence-corrected chi connectivity index (χ2v) is 9.56. The molecular formula is C7H15N3Si. The van der Waals surface area contributed by atoms with Crippen LogP contribution >= 0.6 is 0 Å². The van der Waals surface area contributed by atoms with Gasteiger partial charge in [0, 0.05) is 12.4 Å². The molecule has 0 bridgehead atoms. The molecule has 62 valence electrons. The van der Waals surface area contributed by atoms with Gasteiger partial charge in [0.2, 0.25) is 0 Å². The molecule has 0 amide bonds. The van der Waals surface area contributed by atoms with Gasteiger partial charge in [0.1, 0.15) is 0 Å². The molecule has 3 nitrogen and oxygen atoms in total. The molecule has 0 aliphatic carbocycles. The van der Waals surface area contributed by atoms with E-state index in [1.807, 2.05) is 17.8 Å². The summed E-state index contributed by atoms with van der Waals surface area (Å²) in [5, 5.41) is 7.94. The maximum Gasteiger partial charge on any atom is 0.0796 e. The van der Waals surface area contributed by atoms with E-state index in [-0.39, 0.29) is 0 Å². The Morgan fingerprint density at radius 2 is 2.09 bits per heavy atom. The van der Waals surface area contributed by atoms with Crippen LogP contribution in [0.1, 0.15) is 5.69 Å². The molecule has 0 aliphatic rings. The van der Waals surface area contributed by atoms with E-state index >= 15 is 0 Å². The molecule has 1 aromatic heterocycles. The van der Waals surface area contributed by atoms with Crippen LogP contribution < -0.4 is 0 Å². The molecule has 0 unspecified atom stereocenters. The number of aryl methyl sites for hydroxylation is 1. The fourth-order valence-electron chi connectivity index (χ4n) is 0.959. The standard InChI is InChI=1S/C7H15N3Si/c1-7-5-10(9-8-7)6-11(2,3)4/h5H,6H2,1-4H3. The van der Waals surface area contributed by atoms with Crippen molar-refractivity contribution >= 4 is 8.07 Å². The minimum atomic E-state index is -1.02. The summed E-state index contributed by atoms with van der Waals surface area (Å²) in [5.74, 6) is 0. The molecule has 1 aromatic rings. The lowest BCUT2D eigenvalue weighted by atomic mass is 10.6. The third-order valence-corrected chi connectivity index (χ3v) is 2.56. The van der Waals surface area contributed by atoms with E-state index in [4.69, 9.17) is 0 Å². The number of hydrogen-bond acceptors (Lipinski definition) is 2. The van der Waals surface area contributed by atoms with Crippen LogP contribution in [0.15, 0.2) is 6.20 Å². The highest BCUT2D eigenvalue weighted by Gasteiger charge is 2.14. The third-order valence-electron chi connectivity index (χ3n) is 1.29. The Kier molecular flexibility index (Phi) is 2.13. The Bertz CT molecular complexity index is 236. The molecular weight excluding hydrogens is 154 g/mol. The number of rotatable bonds is 2. The van der Waals surface area contributed by atoms with E-state index < -0.39 is 8.07 Å². The molecule has 0 saturated carbocycles. The molecule has 0 fully saturated rings. The van der Waals surface area contributed by atoms with Crippen molar-refractivity contribution in [3.63, 3.8) is 0 Å². The average Bonchev–Trinajstić information content (AvgIpc) is 2.10. The average molecular weight is 169 g/mol. The highest BCUT2D eigenvalue weighted by atomic mass is 28.3. The van der Waals surface area contributed by atoms with Gasteiger partial charge in [-0.1, -0.05) is 24.9 Å². The van der Waals surface area contributed by atoms with Crippen molar-refractivity contribution in [1.29, 1.82) is 0 Å². The maximum absolute atomic E-state index is 4.00. The Balaban J connectivity index is 2.65. The molecule has 0 saturated heterocycles. The third kappa shape index (κ3) is 2.84. The molecule has 0 N–H and O–H groups in total. The summed E-state index contributed by atoms with van der Waals surface area (Å²) in [5.41, 5.74) is 1.00. The van der Waals surface area contributed by atoms with Gasteiger partial charge in [0.25, 0.3) is 0 Å². The SMILES string of the molecule is Cc1cn(C[Si](C)(C)C)nn1. The summed E-state index contributed by atoms with van der Waals surface area (Å²) in [6, 6.07) is 0. The van der Waals surface area contributed by atoms with E-state index in [1.54, 1.807) is 0 Å². The molecule has 1 rings (SSSR count). The first-order valence-corrected chi connectivity index (χ1v) is 7.55. The second-order valence-electron chi connectivity index (χ2n) is 4.12. The van der Waals surface area contributed by atoms with E-state index in [2.05, 4.69) is 30.0 Å². The summed E-state index contributed by atoms with van der Waals surface area (Å²) in [7, 11) is -1.02. The molecule has 0 aliphatic heterocycles. The second kappa shape index (κ2) is 2.77. The van der Waals surface area contributed by atoms with Gasteiger partial charge in [0.15, 0.2) is 0 Å². The lowest BCUT2D eigenvalue weighted by Gasteiger charge is -2.14. The fourth-order valence-corrected chi connectivity index (χ4v) is 2.09. The summed E-state index contributed by atoms with van der Waals surface area (Å²) < 4.78 is 1.95. The van der Waals surface area contributed by atoms with Gasteiger partial charge in [-0.2, -0.15) is 0 Å². The zero-order valence-electron chi connectivity index (χ0n) is 7.63. The first-order valence-electron chi connectivity index (χ1n) is 3.84. The maximum atomic E-state index is 4.00. The van der Waals surface area contributed by atoms with Gasteiger partial charge in [0.05, 0.1) is 13.8 Å². The molecule has 0 radical (unpaired) electrons. The Labute approximate surface area is 68.4 Å². The Hall–Kier alpha value is -0.643. The van der Waals surface area contributed by atoms with Gasteiger partial charge in [-0.3, -0.25) is 4.68 Å². The van der Waals surface area contributed by atoms with Crippen LogP contribution in [-0.4, -0.2) is 23.1 Å². The smallest absolute Gasteiger partial charge is 0.0796 e. The van der Waals surface area contributed by atoms with Crippen molar-refractivity contribution in [2.75, 3.05) is 0 Å². The molecule has 0 spiro atoms. The summed E-state index contributed by atoms with van der Waals surface area (Å²) in [6.45, 7) is 8.94. The molecule has 1 heterocycles. The summed E-state index contributed by atoms with van der Waals surface area (Å²) in [6.07, 6.45) is 3.06. The van der Waals surface area contributed by atoms with Crippen molar-refractivity contribution in [2.45, 2.75) is 32.7 Å². The highest BCUT2D eigenvalue weighted by molar-refractivity contribution is 6.74. The van der Waals surface area contributed by atoms with Crippen molar-refractivity contribution in [2.24, 2.45) is 0 Å². The van der Waals surface area contributed by atoms with E-state index in [9.17, 15) is 0 Å². The van der Waals surface area contributed by atoms with Crippen molar-refractivity contribution < 1.29 is 0 Å². The van der Waals surface area contributed by atoms with Crippen LogP contribution in [0.3, 0.4) is 0 Å². The van der Waals surface area contributed by atoms with E-state index in [1.165, 1.54) is 0 Å². The molecule has 0 aromatic carbocycles. The van der Waals surface area contributed by atoms with Gasteiger partial charge in [-0.05, 0) is 6.92 Å². The number of nitrogens with zero attached hydrogens (tertiary/aromatic N) is 3. The summed E-state index contributed by atoms with van der Waals surface area (Å²) >= 11 is 0. The predicted molar refractivity (Wildman–Crippen MR) is 48.1 cm³/mol. The summed E-state index contributed by atoms with van der Waals surface area (Å²) in [4.78, 5) is 0. The van der Waals surface area contributed by atoms with Gasteiger partial charge in [-0.25, -0.2) is 0 Å². The van der Waals surface area contributed by atoms with E-state index in [0.717, 1.165) is 11.9 Å². The van der Waals surface area contributed by atoms with Gasteiger partial charge >= 0.3 is 0 Å². The minimum Gasteiger partial charge on any atom is -0.255 e. The van der Waals surface area contributed by atoms with Crippen molar-refractivity contribution in [1.82, 2.24) is 15.0 Å². The molecule has 11 heavy (non-hydrogen) atoms. The number of aromatic nitrogens is 3. The number of hydrogen-bond donors (Lipinski definition) is 0. The Morgan fingerprint density at radius 1 is 1.45 bits per heavy atom. The van der Waals surface area contributed by atoms with E-state index in [0.29, 0.717) is 0 Å². The van der Waals surface area contributed by atoms with Crippen LogP contribution in [0.2, 0.25) is 19.6 Å². The van der Waals surface area contributed by atoms with Crippen molar-refractivity contribution in [3.05, 3.63) is 11.9 Å². The first kappa shape index (κ1) is 8.45. The molecule has 4 heteroatoms. The topological polar surface area (TPSA) is 30.7 Å². The minimum absolute atomic E-state index is 1.00. The van der Waals surface area contributed by atoms with Crippen LogP contribution in [0.4, 0.5) is 0 Å². The van der Waals surface area contributed by atoms with Crippen LogP contribution in [0.25, 0.3) is 0 Å². The zero-order valence-corrected chi connectivity index (χ0v) is 8.63. The Morgan fingerprint density at radius 3 is 2.45 bits per heavy atom. The quantitative estimate of drug-likeness (QED) is 0.628. The molecule has 0 atom stereocenters. The normalized spacial score (nSPS) is 12.0.